The first-order chi connectivity index (χ1) is 18.3. The summed E-state index contributed by atoms with van der Waals surface area (Å²) in [6, 6.07) is 9.15. The molecule has 1 aromatic carbocycles. The van der Waals surface area contributed by atoms with Crippen molar-refractivity contribution in [1.29, 1.82) is 0 Å². The summed E-state index contributed by atoms with van der Waals surface area (Å²) in [5, 5.41) is 19.8. The van der Waals surface area contributed by atoms with E-state index in [0.717, 1.165) is 19.5 Å². The zero-order chi connectivity index (χ0) is 27.1. The van der Waals surface area contributed by atoms with E-state index in [4.69, 9.17) is 0 Å². The van der Waals surface area contributed by atoms with Gasteiger partial charge in [-0.1, -0.05) is 29.4 Å². The highest BCUT2D eigenvalue weighted by atomic mass is 19.1. The van der Waals surface area contributed by atoms with Gasteiger partial charge >= 0.3 is 0 Å². The number of carbonyl (C=O) groups excluding carboxylic acids is 2. The molecule has 3 atom stereocenters. The van der Waals surface area contributed by atoms with Crippen LogP contribution in [0.2, 0.25) is 0 Å². The third-order valence-corrected chi connectivity index (χ3v) is 6.78. The summed E-state index contributed by atoms with van der Waals surface area (Å²) >= 11 is 0. The summed E-state index contributed by atoms with van der Waals surface area (Å²) < 4.78 is 14.9. The Kier molecular flexibility index (Phi) is 9.19. The number of amides is 2. The van der Waals surface area contributed by atoms with Crippen LogP contribution in [0.4, 0.5) is 10.2 Å². The number of anilines is 1. The van der Waals surface area contributed by atoms with Gasteiger partial charge in [-0.2, -0.15) is 0 Å². The van der Waals surface area contributed by atoms with Crippen LogP contribution in [0.25, 0.3) is 0 Å². The average Bonchev–Trinajstić information content (AvgIpc) is 2.92. The molecule has 1 fully saturated rings. The molecule has 2 amide bonds. The van der Waals surface area contributed by atoms with Gasteiger partial charge in [0.15, 0.2) is 0 Å². The summed E-state index contributed by atoms with van der Waals surface area (Å²) in [6.45, 7) is 3.91. The molecule has 1 aromatic heterocycles. The Morgan fingerprint density at radius 3 is 2.82 bits per heavy atom. The van der Waals surface area contributed by atoms with E-state index in [1.165, 1.54) is 42.5 Å². The summed E-state index contributed by atoms with van der Waals surface area (Å²) in [4.78, 5) is 41.3. The van der Waals surface area contributed by atoms with E-state index < -0.39 is 24.2 Å². The number of alkyl halides is 1. The number of halogens is 1. The number of likely N-dealkylation sites (tertiary alicyclic amines) is 1. The molecule has 3 N–H and O–H groups in total. The van der Waals surface area contributed by atoms with E-state index in [0.29, 0.717) is 25.3 Å². The van der Waals surface area contributed by atoms with E-state index in [-0.39, 0.29) is 30.4 Å². The van der Waals surface area contributed by atoms with Crippen molar-refractivity contribution < 1.29 is 23.9 Å². The Morgan fingerprint density at radius 1 is 1.26 bits per heavy atom. The van der Waals surface area contributed by atoms with Gasteiger partial charge in [0, 0.05) is 38.8 Å². The number of nitrogens with zero attached hydrogens (tertiary/aromatic N) is 5. The Bertz CT molecular complexity index is 1160. The molecular weight excluding hydrogens is 493 g/mol. The maximum Gasteiger partial charge on any atom is 0.271 e. The van der Waals surface area contributed by atoms with Crippen LogP contribution in [0.5, 0.6) is 0 Å². The van der Waals surface area contributed by atoms with Crippen LogP contribution in [-0.4, -0.2) is 101 Å². The number of carbonyl (C=O) groups is 2. The molecule has 2 aliphatic rings. The van der Waals surface area contributed by atoms with Crippen LogP contribution in [0, 0.1) is 0 Å². The number of fused-ring (bicyclic) bond motifs is 1. The number of rotatable bonds is 9. The van der Waals surface area contributed by atoms with Crippen LogP contribution < -0.4 is 10.6 Å². The predicted molar refractivity (Wildman–Crippen MR) is 139 cm³/mol. The number of aliphatic hydroxyl groups excluding tert-OH is 1. The number of nitrogens with one attached hydrogen (secondary N) is 2. The number of hydrogen-bond acceptors (Lipinski definition) is 9. The number of hydrogen-bond donors (Lipinski definition) is 3. The number of β-amino-alcohol motifs (C(OH)–C–C–N with tert-alkyl or cyclic N) is 1. The predicted octanol–water partition coefficient (Wildman–Crippen LogP) is 0.999. The molecular formula is C26H34FN7O4. The lowest BCUT2D eigenvalue weighted by Gasteiger charge is -2.35. The number of piperidine rings is 1. The van der Waals surface area contributed by atoms with Crippen molar-refractivity contribution in [3.63, 3.8) is 0 Å². The van der Waals surface area contributed by atoms with Gasteiger partial charge in [-0.05, 0) is 30.9 Å². The molecule has 11 nitrogen and oxygen atoms in total. The van der Waals surface area contributed by atoms with Crippen molar-refractivity contribution in [3.05, 3.63) is 53.5 Å². The maximum atomic E-state index is 14.9. The van der Waals surface area contributed by atoms with Crippen LogP contribution in [-0.2, 0) is 22.6 Å². The van der Waals surface area contributed by atoms with Crippen molar-refractivity contribution in [2.75, 3.05) is 45.2 Å². The highest BCUT2D eigenvalue weighted by Gasteiger charge is 2.32. The van der Waals surface area contributed by atoms with Gasteiger partial charge in [-0.25, -0.2) is 14.4 Å². The van der Waals surface area contributed by atoms with E-state index in [1.54, 1.807) is 0 Å². The molecule has 0 radical (unpaired) electrons. The largest absolute Gasteiger partial charge is 0.399 e. The first kappa shape index (κ1) is 27.4. The number of aliphatic hydroxyl groups is 1. The molecule has 4 rings (SSSR count). The molecule has 204 valence electrons. The normalized spacial score (nSPS) is 20.8. The zero-order valence-electron chi connectivity index (χ0n) is 21.6. The lowest BCUT2D eigenvalue weighted by molar-refractivity contribution is -0.126. The fourth-order valence-corrected chi connectivity index (χ4v) is 4.78. The van der Waals surface area contributed by atoms with Crippen LogP contribution in [0.3, 0.4) is 0 Å². The summed E-state index contributed by atoms with van der Waals surface area (Å²) in [5.74, 6) is -0.521. The third kappa shape index (κ3) is 7.01. The van der Waals surface area contributed by atoms with Crippen molar-refractivity contribution in [3.8, 4) is 0 Å². The Hall–Kier alpha value is -3.64. The molecule has 2 aliphatic heterocycles. The molecule has 0 bridgehead atoms. The van der Waals surface area contributed by atoms with E-state index in [2.05, 4.69) is 47.6 Å². The Balaban J connectivity index is 1.25. The lowest BCUT2D eigenvalue weighted by atomic mass is 10.00. The molecule has 0 saturated carbocycles. The summed E-state index contributed by atoms with van der Waals surface area (Å²) in [6.07, 6.45) is 0.442. The highest BCUT2D eigenvalue weighted by Crippen LogP contribution is 2.20. The van der Waals surface area contributed by atoms with Gasteiger partial charge in [0.2, 0.25) is 0 Å². The van der Waals surface area contributed by atoms with Crippen molar-refractivity contribution in [2.24, 2.45) is 5.16 Å². The maximum absolute atomic E-state index is 14.9. The molecule has 3 heterocycles. The smallest absolute Gasteiger partial charge is 0.271 e. The monoisotopic (exact) mass is 527 g/mol. The van der Waals surface area contributed by atoms with Crippen molar-refractivity contribution in [1.82, 2.24) is 25.1 Å². The minimum Gasteiger partial charge on any atom is -0.399 e. The summed E-state index contributed by atoms with van der Waals surface area (Å²) in [7, 11) is 1.35. The SMILES string of the molecule is CON=C(C)C(=O)N1CCC(Nc2cc(C(=O)NC[C@H](O)CN3CCc4ccccc4C3)ncn2)C(F)C1. The second kappa shape index (κ2) is 12.7. The minimum absolute atomic E-state index is 0.0780. The van der Waals surface area contributed by atoms with Crippen LogP contribution >= 0.6 is 0 Å². The third-order valence-electron chi connectivity index (χ3n) is 6.78. The second-order valence-corrected chi connectivity index (χ2v) is 9.57. The van der Waals surface area contributed by atoms with Crippen molar-refractivity contribution in [2.45, 2.75) is 44.6 Å². The molecule has 12 heteroatoms. The minimum atomic E-state index is -1.34. The van der Waals surface area contributed by atoms with E-state index >= 15 is 0 Å². The van der Waals surface area contributed by atoms with Crippen LogP contribution in [0.15, 0.2) is 41.8 Å². The van der Waals surface area contributed by atoms with Gasteiger partial charge < -0.3 is 25.5 Å². The Labute approximate surface area is 221 Å². The highest BCUT2D eigenvalue weighted by molar-refractivity contribution is 6.37. The molecule has 0 aliphatic carbocycles. The quantitative estimate of drug-likeness (QED) is 0.325. The van der Waals surface area contributed by atoms with Crippen molar-refractivity contribution >= 4 is 23.3 Å². The van der Waals surface area contributed by atoms with E-state index in [9.17, 15) is 19.1 Å². The van der Waals surface area contributed by atoms with E-state index in [1.807, 2.05) is 12.1 Å². The fourth-order valence-electron chi connectivity index (χ4n) is 4.78. The topological polar surface area (TPSA) is 132 Å². The molecule has 2 unspecified atom stereocenters. The summed E-state index contributed by atoms with van der Waals surface area (Å²) in [5.41, 5.74) is 2.86. The Morgan fingerprint density at radius 2 is 2.05 bits per heavy atom. The zero-order valence-corrected chi connectivity index (χ0v) is 21.6. The molecule has 38 heavy (non-hydrogen) atoms. The molecule has 0 spiro atoms. The lowest BCUT2D eigenvalue weighted by Crippen LogP contribution is -2.51. The first-order valence-corrected chi connectivity index (χ1v) is 12.7. The van der Waals surface area contributed by atoms with Gasteiger partial charge in [-0.3, -0.25) is 14.5 Å². The fraction of sp³-hybridized carbons (Fsp3) is 0.500. The number of benzene rings is 1. The van der Waals surface area contributed by atoms with Gasteiger partial charge in [0.05, 0.1) is 18.7 Å². The molecule has 2 aromatic rings. The van der Waals surface area contributed by atoms with Gasteiger partial charge in [0.1, 0.15) is 36.8 Å². The molecule has 1 saturated heterocycles. The van der Waals surface area contributed by atoms with Gasteiger partial charge in [-0.15, -0.1) is 0 Å². The van der Waals surface area contributed by atoms with Crippen LogP contribution in [0.1, 0.15) is 35.0 Å². The number of aromatic nitrogens is 2. The van der Waals surface area contributed by atoms with Gasteiger partial charge in [0.25, 0.3) is 11.8 Å². The standard InChI is InChI=1S/C26H34FN7O4/c1-17(32-38-2)26(37)34-10-8-22(21(27)15-34)31-24-11-23(29-16-30-24)25(36)28-12-20(35)14-33-9-7-18-5-3-4-6-19(18)13-33/h3-6,11,16,20-22,35H,7-10,12-15H2,1-2H3,(H,28,36)(H,29,30,31)/t20-,21?,22?/m0/s1. The average molecular weight is 528 g/mol. The second-order valence-electron chi connectivity index (χ2n) is 9.57. The first-order valence-electron chi connectivity index (χ1n) is 12.7. The number of oxime groups is 1.